The number of hydrogen-bond acceptors (Lipinski definition) is 4. The molecule has 1 aromatic carbocycles. The Morgan fingerprint density at radius 3 is 2.33 bits per heavy atom. The van der Waals surface area contributed by atoms with E-state index in [9.17, 15) is 9.59 Å². The number of nitrogens with zero attached hydrogens (tertiary/aromatic N) is 2. The van der Waals surface area contributed by atoms with Gasteiger partial charge in [-0.15, -0.1) is 0 Å². The Bertz CT molecular complexity index is 691. The summed E-state index contributed by atoms with van der Waals surface area (Å²) < 4.78 is 11.1. The normalized spacial score (nSPS) is 20.0. The Morgan fingerprint density at radius 1 is 0.926 bits per heavy atom. The predicted molar refractivity (Wildman–Crippen MR) is 101 cm³/mol. The molecule has 146 valence electrons. The second-order valence-corrected chi connectivity index (χ2v) is 7.72. The van der Waals surface area contributed by atoms with Crippen molar-refractivity contribution in [2.45, 2.75) is 38.5 Å². The summed E-state index contributed by atoms with van der Waals surface area (Å²) in [5.74, 6) is 2.30. The van der Waals surface area contributed by atoms with E-state index in [2.05, 4.69) is 0 Å². The van der Waals surface area contributed by atoms with Crippen molar-refractivity contribution < 1.29 is 19.1 Å². The zero-order valence-corrected chi connectivity index (χ0v) is 15.8. The smallest absolute Gasteiger partial charge is 0.254 e. The van der Waals surface area contributed by atoms with Crippen molar-refractivity contribution >= 4 is 11.8 Å². The first-order valence-corrected chi connectivity index (χ1v) is 10.2. The first-order valence-electron chi connectivity index (χ1n) is 10.2. The molecule has 1 saturated heterocycles. The van der Waals surface area contributed by atoms with Crippen molar-refractivity contribution in [2.24, 2.45) is 5.92 Å². The number of benzene rings is 1. The first-order chi connectivity index (χ1) is 13.2. The summed E-state index contributed by atoms with van der Waals surface area (Å²) >= 11 is 0. The van der Waals surface area contributed by atoms with Crippen LogP contribution >= 0.6 is 0 Å². The molecule has 2 aliphatic heterocycles. The fourth-order valence-electron chi connectivity index (χ4n) is 4.30. The van der Waals surface area contributed by atoms with E-state index in [1.807, 2.05) is 9.80 Å². The maximum Gasteiger partial charge on any atom is 0.254 e. The molecule has 6 nitrogen and oxygen atoms in total. The molecular weight excluding hydrogens is 344 g/mol. The Hall–Kier alpha value is -2.24. The highest BCUT2D eigenvalue weighted by Crippen LogP contribution is 2.31. The van der Waals surface area contributed by atoms with Crippen LogP contribution in [-0.4, -0.2) is 61.0 Å². The maximum atomic E-state index is 12.8. The van der Waals surface area contributed by atoms with Crippen molar-refractivity contribution in [3.05, 3.63) is 23.8 Å². The van der Waals surface area contributed by atoms with Gasteiger partial charge in [0.2, 0.25) is 5.91 Å². The van der Waals surface area contributed by atoms with Crippen LogP contribution in [0.4, 0.5) is 0 Å². The van der Waals surface area contributed by atoms with E-state index < -0.39 is 0 Å². The summed E-state index contributed by atoms with van der Waals surface area (Å²) in [4.78, 5) is 29.0. The van der Waals surface area contributed by atoms with Crippen LogP contribution < -0.4 is 9.47 Å². The summed E-state index contributed by atoms with van der Waals surface area (Å²) in [6.45, 7) is 3.47. The molecule has 2 heterocycles. The van der Waals surface area contributed by atoms with Gasteiger partial charge in [0, 0.05) is 38.2 Å². The molecule has 27 heavy (non-hydrogen) atoms. The standard InChI is InChI=1S/C21H28N2O4/c24-20(8-5-16-3-1-2-4-16)22-9-11-23(12-10-22)21(25)17-6-7-18-19(15-17)27-14-13-26-18/h6-7,15-16H,1-5,8-14H2. The van der Waals surface area contributed by atoms with Gasteiger partial charge in [0.15, 0.2) is 11.5 Å². The van der Waals surface area contributed by atoms with Crippen LogP contribution in [0.1, 0.15) is 48.9 Å². The third-order valence-corrected chi connectivity index (χ3v) is 5.95. The quantitative estimate of drug-likeness (QED) is 0.815. The van der Waals surface area contributed by atoms with E-state index in [0.717, 1.165) is 12.3 Å². The average molecular weight is 372 g/mol. The molecule has 0 aromatic heterocycles. The predicted octanol–water partition coefficient (Wildman–Crippen LogP) is 2.71. The lowest BCUT2D eigenvalue weighted by molar-refractivity contribution is -0.133. The van der Waals surface area contributed by atoms with E-state index in [-0.39, 0.29) is 11.8 Å². The summed E-state index contributed by atoms with van der Waals surface area (Å²) in [6.07, 6.45) is 6.88. The third-order valence-electron chi connectivity index (χ3n) is 5.95. The number of piperazine rings is 1. The van der Waals surface area contributed by atoms with Crippen LogP contribution in [0.3, 0.4) is 0 Å². The van der Waals surface area contributed by atoms with Crippen LogP contribution in [0.15, 0.2) is 18.2 Å². The Balaban J connectivity index is 1.28. The van der Waals surface area contributed by atoms with Gasteiger partial charge in [-0.3, -0.25) is 9.59 Å². The molecule has 2 fully saturated rings. The fraction of sp³-hybridized carbons (Fsp3) is 0.619. The lowest BCUT2D eigenvalue weighted by Crippen LogP contribution is -2.50. The van der Waals surface area contributed by atoms with Crippen LogP contribution in [0.2, 0.25) is 0 Å². The molecule has 0 spiro atoms. The second kappa shape index (κ2) is 8.19. The van der Waals surface area contributed by atoms with Crippen molar-refractivity contribution in [3.8, 4) is 11.5 Å². The minimum absolute atomic E-state index is 0.00923. The van der Waals surface area contributed by atoms with Crippen LogP contribution in [0.25, 0.3) is 0 Å². The minimum atomic E-state index is -0.00923. The Kier molecular flexibility index (Phi) is 5.50. The molecule has 0 N–H and O–H groups in total. The topological polar surface area (TPSA) is 59.1 Å². The summed E-state index contributed by atoms with van der Waals surface area (Å²) in [7, 11) is 0. The van der Waals surface area contributed by atoms with Crippen molar-refractivity contribution in [3.63, 3.8) is 0 Å². The second-order valence-electron chi connectivity index (χ2n) is 7.72. The highest BCUT2D eigenvalue weighted by Gasteiger charge is 2.26. The Morgan fingerprint density at radius 2 is 1.59 bits per heavy atom. The van der Waals surface area contributed by atoms with Gasteiger partial charge in [0.05, 0.1) is 0 Å². The number of carbonyl (C=O) groups excluding carboxylic acids is 2. The van der Waals surface area contributed by atoms with Crippen LogP contribution in [0, 0.1) is 5.92 Å². The highest BCUT2D eigenvalue weighted by molar-refractivity contribution is 5.95. The third kappa shape index (κ3) is 4.20. The van der Waals surface area contributed by atoms with Gasteiger partial charge in [0.25, 0.3) is 5.91 Å². The highest BCUT2D eigenvalue weighted by atomic mass is 16.6. The molecule has 3 aliphatic rings. The summed E-state index contributed by atoms with van der Waals surface area (Å²) in [6, 6.07) is 5.34. The molecular formula is C21H28N2O4. The van der Waals surface area contributed by atoms with Gasteiger partial charge in [-0.1, -0.05) is 25.7 Å². The summed E-state index contributed by atoms with van der Waals surface area (Å²) in [5.41, 5.74) is 0.611. The molecule has 0 bridgehead atoms. The minimum Gasteiger partial charge on any atom is -0.486 e. The van der Waals surface area contributed by atoms with E-state index in [4.69, 9.17) is 9.47 Å². The SMILES string of the molecule is O=C(CCC1CCCC1)N1CCN(C(=O)c2ccc3c(c2)OCCO3)CC1. The fourth-order valence-corrected chi connectivity index (χ4v) is 4.30. The van der Waals surface area contributed by atoms with Gasteiger partial charge in [-0.25, -0.2) is 0 Å². The monoisotopic (exact) mass is 372 g/mol. The molecule has 4 rings (SSSR count). The van der Waals surface area contributed by atoms with Gasteiger partial charge in [-0.05, 0) is 30.5 Å². The molecule has 1 saturated carbocycles. The number of rotatable bonds is 4. The van der Waals surface area contributed by atoms with Crippen LogP contribution in [0.5, 0.6) is 11.5 Å². The zero-order chi connectivity index (χ0) is 18.6. The van der Waals surface area contributed by atoms with Gasteiger partial charge < -0.3 is 19.3 Å². The molecule has 2 amide bonds. The van der Waals surface area contributed by atoms with Gasteiger partial charge in [-0.2, -0.15) is 0 Å². The maximum absolute atomic E-state index is 12.8. The van der Waals surface area contributed by atoms with Crippen LogP contribution in [-0.2, 0) is 4.79 Å². The molecule has 6 heteroatoms. The van der Waals surface area contributed by atoms with Gasteiger partial charge in [0.1, 0.15) is 13.2 Å². The lowest BCUT2D eigenvalue weighted by atomic mass is 10.0. The van der Waals surface area contributed by atoms with E-state index in [1.165, 1.54) is 25.7 Å². The molecule has 0 unspecified atom stereocenters. The number of hydrogen-bond donors (Lipinski definition) is 0. The van der Waals surface area contributed by atoms with E-state index in [1.54, 1.807) is 18.2 Å². The lowest BCUT2D eigenvalue weighted by Gasteiger charge is -2.35. The average Bonchev–Trinajstić information content (AvgIpc) is 3.25. The first kappa shape index (κ1) is 18.1. The zero-order valence-electron chi connectivity index (χ0n) is 15.8. The number of amides is 2. The summed E-state index contributed by atoms with van der Waals surface area (Å²) in [5, 5.41) is 0. The number of ether oxygens (including phenoxy) is 2. The van der Waals surface area contributed by atoms with Gasteiger partial charge >= 0.3 is 0 Å². The molecule has 0 radical (unpaired) electrons. The largest absolute Gasteiger partial charge is 0.486 e. The Labute approximate surface area is 160 Å². The number of fused-ring (bicyclic) bond motifs is 1. The van der Waals surface area contributed by atoms with Crippen molar-refractivity contribution in [1.82, 2.24) is 9.80 Å². The molecule has 1 aliphatic carbocycles. The van der Waals surface area contributed by atoms with E-state index in [0.29, 0.717) is 62.9 Å². The van der Waals surface area contributed by atoms with Crippen molar-refractivity contribution in [1.29, 1.82) is 0 Å². The number of carbonyl (C=O) groups is 2. The van der Waals surface area contributed by atoms with Crippen molar-refractivity contribution in [2.75, 3.05) is 39.4 Å². The molecule has 1 aromatic rings. The van der Waals surface area contributed by atoms with E-state index >= 15 is 0 Å². The molecule has 0 atom stereocenters.